The van der Waals surface area contributed by atoms with Crippen molar-refractivity contribution in [3.05, 3.63) is 58.3 Å². The van der Waals surface area contributed by atoms with E-state index >= 15 is 0 Å². The molecule has 8 heteroatoms. The van der Waals surface area contributed by atoms with Crippen molar-refractivity contribution in [3.8, 4) is 6.07 Å². The lowest BCUT2D eigenvalue weighted by Gasteiger charge is -2.08. The Morgan fingerprint density at radius 3 is 2.32 bits per heavy atom. The Balaban J connectivity index is 1.82. The summed E-state index contributed by atoms with van der Waals surface area (Å²) in [5, 5.41) is 14.0. The molecular weight excluding hydrogens is 325 g/mol. The molecule has 0 aliphatic carbocycles. The van der Waals surface area contributed by atoms with E-state index in [2.05, 4.69) is 10.6 Å². The van der Waals surface area contributed by atoms with Gasteiger partial charge in [-0.15, -0.1) is 0 Å². The van der Waals surface area contributed by atoms with Crippen molar-refractivity contribution in [1.82, 2.24) is 9.13 Å². The normalized spacial score (nSPS) is 10.5. The van der Waals surface area contributed by atoms with Gasteiger partial charge in [0.05, 0.1) is 16.6 Å². The average molecular weight is 339 g/mol. The summed E-state index contributed by atoms with van der Waals surface area (Å²) < 4.78 is 16.3. The summed E-state index contributed by atoms with van der Waals surface area (Å²) in [4.78, 5) is 24.0. The molecule has 0 atom stereocenters. The maximum Gasteiger partial charge on any atom is 0.328 e. The largest absolute Gasteiger partial charge is 0.328 e. The van der Waals surface area contributed by atoms with Crippen LogP contribution in [0.5, 0.6) is 0 Å². The third-order valence-electron chi connectivity index (χ3n) is 3.87. The highest BCUT2D eigenvalue weighted by Crippen LogP contribution is 2.18. The fraction of sp³-hybridized carbons (Fsp3) is 0.118. The van der Waals surface area contributed by atoms with Gasteiger partial charge in [-0.1, -0.05) is 0 Å². The third kappa shape index (κ3) is 2.95. The van der Waals surface area contributed by atoms with Crippen LogP contribution in [0.15, 0.2) is 41.2 Å². The zero-order chi connectivity index (χ0) is 18.1. The topological polar surface area (TPSA) is 91.8 Å². The van der Waals surface area contributed by atoms with Crippen molar-refractivity contribution in [2.24, 2.45) is 14.1 Å². The first-order chi connectivity index (χ1) is 11.9. The number of halogens is 1. The van der Waals surface area contributed by atoms with Crippen molar-refractivity contribution in [2.75, 3.05) is 10.6 Å². The molecular formula is C17H14FN5O2. The van der Waals surface area contributed by atoms with E-state index in [1.807, 2.05) is 0 Å². The van der Waals surface area contributed by atoms with E-state index in [4.69, 9.17) is 5.26 Å². The number of hydrogen-bond acceptors (Lipinski definition) is 3. The second-order valence-corrected chi connectivity index (χ2v) is 5.49. The number of urea groups is 1. The van der Waals surface area contributed by atoms with E-state index in [-0.39, 0.29) is 11.3 Å². The predicted octanol–water partition coefficient (Wildman–Crippen LogP) is 2.53. The first kappa shape index (κ1) is 16.3. The summed E-state index contributed by atoms with van der Waals surface area (Å²) in [7, 11) is 3.32. The Hall–Kier alpha value is -3.60. The maximum atomic E-state index is 13.3. The second kappa shape index (κ2) is 6.13. The number of anilines is 2. The summed E-state index contributed by atoms with van der Waals surface area (Å²) in [6.07, 6.45) is 0. The van der Waals surface area contributed by atoms with Gasteiger partial charge in [-0.05, 0) is 36.4 Å². The number of imidazole rings is 1. The number of fused-ring (bicyclic) bond motifs is 1. The van der Waals surface area contributed by atoms with Gasteiger partial charge in [0.1, 0.15) is 11.9 Å². The van der Waals surface area contributed by atoms with Gasteiger partial charge >= 0.3 is 11.7 Å². The highest BCUT2D eigenvalue weighted by molar-refractivity contribution is 6.00. The van der Waals surface area contributed by atoms with Crippen LogP contribution < -0.4 is 16.3 Å². The number of carbonyl (C=O) groups excluding carboxylic acids is 1. The molecule has 2 N–H and O–H groups in total. The zero-order valence-corrected chi connectivity index (χ0v) is 13.5. The van der Waals surface area contributed by atoms with E-state index in [1.165, 1.54) is 21.3 Å². The standard InChI is InChI=1S/C17H14FN5O2/c1-22-14-6-4-12(8-15(14)23(2)17(22)25)21-16(24)20-11-3-5-13(18)10(7-11)9-19/h3-8H,1-2H3,(H2,20,21,24). The number of aryl methyl sites for hydroxylation is 2. The Morgan fingerprint density at radius 1 is 1.04 bits per heavy atom. The summed E-state index contributed by atoms with van der Waals surface area (Å²) in [5.41, 5.74) is 1.90. The molecule has 0 saturated carbocycles. The molecule has 0 fully saturated rings. The van der Waals surface area contributed by atoms with Crippen LogP contribution in [-0.2, 0) is 14.1 Å². The van der Waals surface area contributed by atoms with Gasteiger partial charge in [0.2, 0.25) is 0 Å². The lowest BCUT2D eigenvalue weighted by Crippen LogP contribution is -2.19. The number of rotatable bonds is 2. The summed E-state index contributed by atoms with van der Waals surface area (Å²) >= 11 is 0. The zero-order valence-electron chi connectivity index (χ0n) is 13.5. The van der Waals surface area contributed by atoms with Gasteiger partial charge in [-0.2, -0.15) is 5.26 Å². The molecule has 126 valence electrons. The first-order valence-corrected chi connectivity index (χ1v) is 7.34. The molecule has 7 nitrogen and oxygen atoms in total. The van der Waals surface area contributed by atoms with Gasteiger partial charge in [0.15, 0.2) is 0 Å². The number of amides is 2. The maximum absolute atomic E-state index is 13.3. The van der Waals surface area contributed by atoms with E-state index in [0.29, 0.717) is 16.9 Å². The van der Waals surface area contributed by atoms with Crippen molar-refractivity contribution >= 4 is 28.4 Å². The van der Waals surface area contributed by atoms with E-state index < -0.39 is 11.8 Å². The lowest BCUT2D eigenvalue weighted by molar-refractivity contribution is 0.262. The lowest BCUT2D eigenvalue weighted by atomic mass is 10.2. The third-order valence-corrected chi connectivity index (χ3v) is 3.87. The Morgan fingerprint density at radius 2 is 1.64 bits per heavy atom. The molecule has 2 amide bonds. The molecule has 1 heterocycles. The summed E-state index contributed by atoms with van der Waals surface area (Å²) in [5.74, 6) is -0.649. The molecule has 3 aromatic rings. The molecule has 0 spiro atoms. The van der Waals surface area contributed by atoms with Gasteiger partial charge in [-0.25, -0.2) is 14.0 Å². The number of aromatic nitrogens is 2. The van der Waals surface area contributed by atoms with Crippen molar-refractivity contribution in [3.63, 3.8) is 0 Å². The molecule has 2 aromatic carbocycles. The van der Waals surface area contributed by atoms with Gasteiger partial charge in [0, 0.05) is 25.5 Å². The summed E-state index contributed by atoms with van der Waals surface area (Å²) in [6, 6.07) is 9.98. The number of nitriles is 1. The highest BCUT2D eigenvalue weighted by Gasteiger charge is 2.10. The Kier molecular flexibility index (Phi) is 3.99. The minimum absolute atomic E-state index is 0.154. The van der Waals surface area contributed by atoms with Crippen LogP contribution in [0, 0.1) is 17.1 Å². The average Bonchev–Trinajstić information content (AvgIpc) is 2.81. The van der Waals surface area contributed by atoms with E-state index in [1.54, 1.807) is 38.4 Å². The first-order valence-electron chi connectivity index (χ1n) is 7.34. The van der Waals surface area contributed by atoms with Crippen LogP contribution in [-0.4, -0.2) is 15.2 Å². The molecule has 0 unspecified atom stereocenters. The highest BCUT2D eigenvalue weighted by atomic mass is 19.1. The molecule has 0 saturated heterocycles. The van der Waals surface area contributed by atoms with Crippen LogP contribution in [0.3, 0.4) is 0 Å². The van der Waals surface area contributed by atoms with E-state index in [9.17, 15) is 14.0 Å². The molecule has 0 bridgehead atoms. The predicted molar refractivity (Wildman–Crippen MR) is 91.9 cm³/mol. The second-order valence-electron chi connectivity index (χ2n) is 5.49. The Labute approximate surface area is 141 Å². The van der Waals surface area contributed by atoms with Gasteiger partial charge in [0.25, 0.3) is 0 Å². The van der Waals surface area contributed by atoms with E-state index in [0.717, 1.165) is 11.6 Å². The number of benzene rings is 2. The van der Waals surface area contributed by atoms with Crippen LogP contribution in [0.2, 0.25) is 0 Å². The quantitative estimate of drug-likeness (QED) is 0.751. The fourth-order valence-electron chi connectivity index (χ4n) is 2.57. The fourth-order valence-corrected chi connectivity index (χ4v) is 2.57. The SMILES string of the molecule is Cn1c(=O)n(C)c2cc(NC(=O)Nc3ccc(F)c(C#N)c3)ccc21. The van der Waals surface area contributed by atoms with Crippen LogP contribution in [0.1, 0.15) is 5.56 Å². The van der Waals surface area contributed by atoms with Crippen molar-refractivity contribution in [2.45, 2.75) is 0 Å². The van der Waals surface area contributed by atoms with Crippen LogP contribution in [0.25, 0.3) is 11.0 Å². The molecule has 25 heavy (non-hydrogen) atoms. The van der Waals surface area contributed by atoms with Gasteiger partial charge in [-0.3, -0.25) is 9.13 Å². The monoisotopic (exact) mass is 339 g/mol. The molecule has 3 rings (SSSR count). The Bertz CT molecular complexity index is 1090. The van der Waals surface area contributed by atoms with Crippen molar-refractivity contribution in [1.29, 1.82) is 5.26 Å². The number of nitrogens with zero attached hydrogens (tertiary/aromatic N) is 3. The van der Waals surface area contributed by atoms with Gasteiger partial charge < -0.3 is 10.6 Å². The molecule has 0 aliphatic rings. The molecule has 0 aliphatic heterocycles. The minimum Gasteiger partial charge on any atom is -0.308 e. The smallest absolute Gasteiger partial charge is 0.308 e. The molecule has 1 aromatic heterocycles. The number of hydrogen-bond donors (Lipinski definition) is 2. The number of nitrogens with one attached hydrogen (secondary N) is 2. The van der Waals surface area contributed by atoms with Crippen LogP contribution in [0.4, 0.5) is 20.6 Å². The minimum atomic E-state index is -0.649. The van der Waals surface area contributed by atoms with Crippen LogP contribution >= 0.6 is 0 Å². The number of carbonyl (C=O) groups is 1. The van der Waals surface area contributed by atoms with Crippen molar-refractivity contribution < 1.29 is 9.18 Å². The molecule has 0 radical (unpaired) electrons. The summed E-state index contributed by atoms with van der Waals surface area (Å²) in [6.45, 7) is 0.